The molecule has 0 atom stereocenters. The van der Waals surface area contributed by atoms with Crippen LogP contribution < -0.4 is 5.73 Å². The van der Waals surface area contributed by atoms with Gasteiger partial charge in [-0.25, -0.2) is 8.78 Å². The fourth-order valence-corrected chi connectivity index (χ4v) is 1.79. The molecule has 0 unspecified atom stereocenters. The SMILES string of the molecule is NCc1c(F)ccc(F)c1CN1CCC1. The molecule has 4 heteroatoms. The molecular weight excluding hydrogens is 198 g/mol. The van der Waals surface area contributed by atoms with Gasteiger partial charge in [-0.15, -0.1) is 0 Å². The highest BCUT2D eigenvalue weighted by Crippen LogP contribution is 2.21. The van der Waals surface area contributed by atoms with Crippen molar-refractivity contribution in [3.05, 3.63) is 34.9 Å². The van der Waals surface area contributed by atoms with E-state index in [1.165, 1.54) is 6.07 Å². The summed E-state index contributed by atoms with van der Waals surface area (Å²) in [4.78, 5) is 2.08. The number of benzene rings is 1. The third-order valence-corrected chi connectivity index (χ3v) is 2.85. The van der Waals surface area contributed by atoms with Crippen LogP contribution in [-0.2, 0) is 13.1 Å². The highest BCUT2D eigenvalue weighted by molar-refractivity contribution is 5.30. The average molecular weight is 212 g/mol. The molecule has 1 aliphatic rings. The van der Waals surface area contributed by atoms with E-state index in [4.69, 9.17) is 5.73 Å². The number of likely N-dealkylation sites (tertiary alicyclic amines) is 1. The number of hydrogen-bond acceptors (Lipinski definition) is 2. The first-order valence-electron chi connectivity index (χ1n) is 5.10. The summed E-state index contributed by atoms with van der Waals surface area (Å²) < 4.78 is 26.8. The molecule has 2 nitrogen and oxygen atoms in total. The van der Waals surface area contributed by atoms with Crippen LogP contribution in [-0.4, -0.2) is 18.0 Å². The van der Waals surface area contributed by atoms with Crippen molar-refractivity contribution in [2.75, 3.05) is 13.1 Å². The van der Waals surface area contributed by atoms with Crippen LogP contribution in [0.25, 0.3) is 0 Å². The summed E-state index contributed by atoms with van der Waals surface area (Å²) in [5.74, 6) is -0.766. The lowest BCUT2D eigenvalue weighted by Crippen LogP contribution is -2.37. The molecule has 1 saturated heterocycles. The molecule has 15 heavy (non-hydrogen) atoms. The quantitative estimate of drug-likeness (QED) is 0.825. The molecule has 0 saturated carbocycles. The molecule has 0 aliphatic carbocycles. The van der Waals surface area contributed by atoms with Crippen molar-refractivity contribution in [1.82, 2.24) is 4.90 Å². The van der Waals surface area contributed by atoms with Crippen LogP contribution in [0.2, 0.25) is 0 Å². The highest BCUT2D eigenvalue weighted by atomic mass is 19.1. The maximum Gasteiger partial charge on any atom is 0.128 e. The Hall–Kier alpha value is -1.00. The van der Waals surface area contributed by atoms with Crippen molar-refractivity contribution in [3.63, 3.8) is 0 Å². The van der Waals surface area contributed by atoms with Crippen LogP contribution in [0, 0.1) is 11.6 Å². The van der Waals surface area contributed by atoms with E-state index in [1.54, 1.807) is 0 Å². The Kier molecular flexibility index (Phi) is 2.98. The Morgan fingerprint density at radius 1 is 1.13 bits per heavy atom. The van der Waals surface area contributed by atoms with Crippen molar-refractivity contribution in [3.8, 4) is 0 Å². The normalized spacial score (nSPS) is 16.5. The van der Waals surface area contributed by atoms with Crippen molar-refractivity contribution < 1.29 is 8.78 Å². The maximum absolute atomic E-state index is 13.5. The van der Waals surface area contributed by atoms with Crippen molar-refractivity contribution >= 4 is 0 Å². The van der Waals surface area contributed by atoms with E-state index < -0.39 is 5.82 Å². The predicted molar refractivity (Wildman–Crippen MR) is 54.1 cm³/mol. The van der Waals surface area contributed by atoms with Crippen LogP contribution in [0.4, 0.5) is 8.78 Å². The third-order valence-electron chi connectivity index (χ3n) is 2.85. The molecule has 1 aromatic carbocycles. The monoisotopic (exact) mass is 212 g/mol. The first-order chi connectivity index (χ1) is 7.22. The second kappa shape index (κ2) is 4.24. The summed E-state index contributed by atoms with van der Waals surface area (Å²) in [7, 11) is 0. The zero-order valence-electron chi connectivity index (χ0n) is 8.47. The van der Waals surface area contributed by atoms with E-state index in [0.717, 1.165) is 25.6 Å². The van der Waals surface area contributed by atoms with Gasteiger partial charge in [-0.1, -0.05) is 0 Å². The lowest BCUT2D eigenvalue weighted by molar-refractivity contribution is 0.169. The number of nitrogens with two attached hydrogens (primary N) is 1. The van der Waals surface area contributed by atoms with Gasteiger partial charge in [0.05, 0.1) is 0 Å². The fraction of sp³-hybridized carbons (Fsp3) is 0.455. The summed E-state index contributed by atoms with van der Waals surface area (Å²) in [6.45, 7) is 2.43. The van der Waals surface area contributed by atoms with E-state index in [2.05, 4.69) is 4.90 Å². The van der Waals surface area contributed by atoms with Crippen molar-refractivity contribution in [1.29, 1.82) is 0 Å². The van der Waals surface area contributed by atoms with Gasteiger partial charge in [0.25, 0.3) is 0 Å². The van der Waals surface area contributed by atoms with Crippen LogP contribution >= 0.6 is 0 Å². The van der Waals surface area contributed by atoms with Gasteiger partial charge in [-0.2, -0.15) is 0 Å². The molecule has 2 N–H and O–H groups in total. The molecular formula is C11H14F2N2. The number of hydrogen-bond donors (Lipinski definition) is 1. The number of halogens is 2. The van der Waals surface area contributed by atoms with E-state index >= 15 is 0 Å². The minimum atomic E-state index is -0.408. The van der Waals surface area contributed by atoms with Gasteiger partial charge in [-0.3, -0.25) is 4.90 Å². The minimum Gasteiger partial charge on any atom is -0.326 e. The summed E-state index contributed by atoms with van der Waals surface area (Å²) in [5.41, 5.74) is 6.15. The zero-order chi connectivity index (χ0) is 10.8. The Labute approximate surface area is 87.7 Å². The maximum atomic E-state index is 13.5. The standard InChI is InChI=1S/C11H14F2N2/c12-10-2-3-11(13)9(8(10)6-14)7-15-4-1-5-15/h2-3H,1,4-7,14H2. The summed E-state index contributed by atoms with van der Waals surface area (Å²) >= 11 is 0. The number of nitrogens with zero attached hydrogens (tertiary/aromatic N) is 1. The van der Waals surface area contributed by atoms with E-state index in [0.29, 0.717) is 17.7 Å². The van der Waals surface area contributed by atoms with Crippen molar-refractivity contribution in [2.24, 2.45) is 5.73 Å². The summed E-state index contributed by atoms with van der Waals surface area (Å²) in [6, 6.07) is 2.31. The van der Waals surface area contributed by atoms with E-state index in [-0.39, 0.29) is 12.4 Å². The average Bonchev–Trinajstić information content (AvgIpc) is 2.16. The predicted octanol–water partition coefficient (Wildman–Crippen LogP) is 1.63. The van der Waals surface area contributed by atoms with Crippen LogP contribution in [0.1, 0.15) is 17.5 Å². The van der Waals surface area contributed by atoms with Crippen LogP contribution in [0.15, 0.2) is 12.1 Å². The second-order valence-corrected chi connectivity index (χ2v) is 3.82. The van der Waals surface area contributed by atoms with E-state index in [9.17, 15) is 8.78 Å². The number of rotatable bonds is 3. The second-order valence-electron chi connectivity index (χ2n) is 3.82. The first-order valence-corrected chi connectivity index (χ1v) is 5.10. The van der Waals surface area contributed by atoms with Gasteiger partial charge in [0, 0.05) is 24.2 Å². The molecule has 0 amide bonds. The molecule has 82 valence electrons. The Morgan fingerprint density at radius 3 is 2.20 bits per heavy atom. The largest absolute Gasteiger partial charge is 0.326 e. The van der Waals surface area contributed by atoms with Gasteiger partial charge in [0.2, 0.25) is 0 Å². The van der Waals surface area contributed by atoms with Gasteiger partial charge in [0.15, 0.2) is 0 Å². The Balaban J connectivity index is 2.29. The lowest BCUT2D eigenvalue weighted by Gasteiger charge is -2.31. The van der Waals surface area contributed by atoms with Gasteiger partial charge >= 0.3 is 0 Å². The summed E-state index contributed by atoms with van der Waals surface area (Å²) in [5, 5.41) is 0. The molecule has 1 heterocycles. The highest BCUT2D eigenvalue weighted by Gasteiger charge is 2.19. The first kappa shape index (κ1) is 10.5. The summed E-state index contributed by atoms with van der Waals surface area (Å²) in [6.07, 6.45) is 1.13. The zero-order valence-corrected chi connectivity index (χ0v) is 8.47. The van der Waals surface area contributed by atoms with Gasteiger partial charge < -0.3 is 5.73 Å². The Morgan fingerprint density at radius 2 is 1.73 bits per heavy atom. The topological polar surface area (TPSA) is 29.3 Å². The minimum absolute atomic E-state index is 0.0484. The van der Waals surface area contributed by atoms with Gasteiger partial charge in [-0.05, 0) is 31.6 Å². The fourth-order valence-electron chi connectivity index (χ4n) is 1.79. The molecule has 0 aromatic heterocycles. The molecule has 0 spiro atoms. The Bertz CT molecular complexity index is 362. The molecule has 1 fully saturated rings. The van der Waals surface area contributed by atoms with Crippen LogP contribution in [0.5, 0.6) is 0 Å². The van der Waals surface area contributed by atoms with Gasteiger partial charge in [0.1, 0.15) is 11.6 Å². The molecule has 0 bridgehead atoms. The third kappa shape index (κ3) is 2.01. The molecule has 0 radical (unpaired) electrons. The van der Waals surface area contributed by atoms with Crippen molar-refractivity contribution in [2.45, 2.75) is 19.5 Å². The molecule has 1 aliphatic heterocycles. The molecule has 2 rings (SSSR count). The molecule has 1 aromatic rings. The van der Waals surface area contributed by atoms with Crippen LogP contribution in [0.3, 0.4) is 0 Å². The van der Waals surface area contributed by atoms with E-state index in [1.807, 2.05) is 0 Å². The smallest absolute Gasteiger partial charge is 0.128 e. The lowest BCUT2D eigenvalue weighted by atomic mass is 10.0.